The third-order valence-electron chi connectivity index (χ3n) is 3.15. The summed E-state index contributed by atoms with van der Waals surface area (Å²) in [6, 6.07) is 0. The molecular formula is C15H28N4O. The van der Waals surface area contributed by atoms with Gasteiger partial charge in [-0.25, -0.2) is 9.97 Å². The van der Waals surface area contributed by atoms with Crippen LogP contribution >= 0.6 is 0 Å². The van der Waals surface area contributed by atoms with Gasteiger partial charge in [0.25, 0.3) is 0 Å². The molecule has 1 aromatic rings. The lowest BCUT2D eigenvalue weighted by molar-refractivity contribution is 0.0874. The van der Waals surface area contributed by atoms with Gasteiger partial charge in [-0.2, -0.15) is 0 Å². The summed E-state index contributed by atoms with van der Waals surface area (Å²) >= 11 is 0. The molecule has 1 aromatic heterocycles. The van der Waals surface area contributed by atoms with E-state index in [4.69, 9.17) is 4.98 Å². The predicted molar refractivity (Wildman–Crippen MR) is 84.6 cm³/mol. The normalized spacial score (nSPS) is 11.8. The molecule has 0 aliphatic carbocycles. The Morgan fingerprint density at radius 3 is 2.30 bits per heavy atom. The Kier molecular flexibility index (Phi) is 5.34. The predicted octanol–water partition coefficient (Wildman–Crippen LogP) is 2.55. The zero-order chi connectivity index (χ0) is 15.5. The molecule has 0 saturated heterocycles. The van der Waals surface area contributed by atoms with Crippen molar-refractivity contribution in [2.75, 3.05) is 30.4 Å². The molecule has 0 unspecified atom stereocenters. The zero-order valence-electron chi connectivity index (χ0n) is 13.8. The summed E-state index contributed by atoms with van der Waals surface area (Å²) in [4.78, 5) is 11.4. The average molecular weight is 280 g/mol. The van der Waals surface area contributed by atoms with E-state index in [0.29, 0.717) is 6.54 Å². The van der Waals surface area contributed by atoms with Crippen LogP contribution in [0.3, 0.4) is 0 Å². The molecule has 114 valence electrons. The van der Waals surface area contributed by atoms with Crippen molar-refractivity contribution in [1.29, 1.82) is 0 Å². The van der Waals surface area contributed by atoms with Crippen molar-refractivity contribution in [3.05, 3.63) is 11.4 Å². The van der Waals surface area contributed by atoms with Gasteiger partial charge in [0.1, 0.15) is 17.5 Å². The van der Waals surface area contributed by atoms with Crippen LogP contribution in [0.15, 0.2) is 0 Å². The number of hydrogen-bond acceptors (Lipinski definition) is 5. The first-order valence-corrected chi connectivity index (χ1v) is 7.23. The van der Waals surface area contributed by atoms with Gasteiger partial charge in [-0.05, 0) is 27.7 Å². The maximum atomic E-state index is 10.1. The summed E-state index contributed by atoms with van der Waals surface area (Å²) in [5, 5.41) is 13.2. The van der Waals surface area contributed by atoms with Gasteiger partial charge in [0.15, 0.2) is 0 Å². The zero-order valence-corrected chi connectivity index (χ0v) is 13.8. The van der Waals surface area contributed by atoms with Gasteiger partial charge >= 0.3 is 0 Å². The fourth-order valence-electron chi connectivity index (χ4n) is 2.13. The molecule has 0 saturated carbocycles. The Hall–Kier alpha value is -1.36. The van der Waals surface area contributed by atoms with Crippen molar-refractivity contribution < 1.29 is 5.11 Å². The topological polar surface area (TPSA) is 61.3 Å². The highest BCUT2D eigenvalue weighted by Crippen LogP contribution is 2.26. The van der Waals surface area contributed by atoms with E-state index >= 15 is 0 Å². The number of rotatable bonds is 6. The van der Waals surface area contributed by atoms with Gasteiger partial charge < -0.3 is 15.3 Å². The molecule has 1 heterocycles. The quantitative estimate of drug-likeness (QED) is 0.838. The van der Waals surface area contributed by atoms with Crippen LogP contribution < -0.4 is 10.2 Å². The second-order valence-electron chi connectivity index (χ2n) is 6.11. The van der Waals surface area contributed by atoms with Crippen molar-refractivity contribution in [2.45, 2.75) is 53.1 Å². The van der Waals surface area contributed by atoms with E-state index < -0.39 is 5.60 Å². The van der Waals surface area contributed by atoms with Gasteiger partial charge in [0, 0.05) is 31.6 Å². The summed E-state index contributed by atoms with van der Waals surface area (Å²) in [6.07, 6.45) is 0. The lowest BCUT2D eigenvalue weighted by atomic mass is 10.1. The maximum Gasteiger partial charge on any atom is 0.137 e. The first-order valence-electron chi connectivity index (χ1n) is 7.23. The Morgan fingerprint density at radius 2 is 1.90 bits per heavy atom. The molecule has 1 rings (SSSR count). The molecule has 5 heteroatoms. The lowest BCUT2D eigenvalue weighted by Crippen LogP contribution is -2.39. The van der Waals surface area contributed by atoms with Crippen LogP contribution in [-0.4, -0.2) is 40.8 Å². The molecule has 20 heavy (non-hydrogen) atoms. The first-order chi connectivity index (χ1) is 9.19. The first kappa shape index (κ1) is 16.7. The molecule has 2 N–H and O–H groups in total. The van der Waals surface area contributed by atoms with Crippen molar-refractivity contribution in [2.24, 2.45) is 0 Å². The van der Waals surface area contributed by atoms with Gasteiger partial charge in [-0.15, -0.1) is 0 Å². The smallest absolute Gasteiger partial charge is 0.137 e. The van der Waals surface area contributed by atoms with Crippen LogP contribution in [0.25, 0.3) is 0 Å². The van der Waals surface area contributed by atoms with E-state index in [1.165, 1.54) is 0 Å². The van der Waals surface area contributed by atoms with E-state index in [0.717, 1.165) is 29.6 Å². The van der Waals surface area contributed by atoms with E-state index in [1.807, 2.05) is 27.8 Å². The molecule has 0 amide bonds. The Labute approximate surface area is 122 Å². The minimum atomic E-state index is -0.759. The van der Waals surface area contributed by atoms with Crippen molar-refractivity contribution in [1.82, 2.24) is 9.97 Å². The molecule has 0 bridgehead atoms. The third kappa shape index (κ3) is 4.07. The standard InChI is InChI=1S/C15H28N4O/c1-8-19(9-15(5,6)20)14-11(4)13(16-7)17-12(18-14)10(2)3/h10,20H,8-9H2,1-7H3,(H,16,17,18). The number of hydrogen-bond donors (Lipinski definition) is 2. The van der Waals surface area contributed by atoms with Crippen LogP contribution in [0.2, 0.25) is 0 Å². The summed E-state index contributed by atoms with van der Waals surface area (Å²) in [5.41, 5.74) is 0.258. The van der Waals surface area contributed by atoms with E-state index in [1.54, 1.807) is 0 Å². The Balaban J connectivity index is 3.29. The fourth-order valence-corrected chi connectivity index (χ4v) is 2.13. The van der Waals surface area contributed by atoms with Gasteiger partial charge in [-0.3, -0.25) is 0 Å². The highest BCUT2D eigenvalue weighted by molar-refractivity contribution is 5.58. The molecule has 0 aliphatic heterocycles. The second-order valence-corrected chi connectivity index (χ2v) is 6.11. The van der Waals surface area contributed by atoms with Gasteiger partial charge in [0.05, 0.1) is 5.60 Å². The van der Waals surface area contributed by atoms with E-state index in [9.17, 15) is 5.11 Å². The Bertz CT molecular complexity index is 452. The lowest BCUT2D eigenvalue weighted by Gasteiger charge is -2.31. The monoisotopic (exact) mass is 280 g/mol. The molecule has 0 aliphatic rings. The number of nitrogens with zero attached hydrogens (tertiary/aromatic N) is 3. The van der Waals surface area contributed by atoms with Crippen LogP contribution in [0.4, 0.5) is 11.6 Å². The van der Waals surface area contributed by atoms with Crippen LogP contribution in [0.5, 0.6) is 0 Å². The summed E-state index contributed by atoms with van der Waals surface area (Å²) in [6.45, 7) is 13.2. The SMILES string of the molecule is CCN(CC(C)(C)O)c1nc(C(C)C)nc(NC)c1C. The molecule has 0 fully saturated rings. The largest absolute Gasteiger partial charge is 0.389 e. The number of likely N-dealkylation sites (N-methyl/N-ethyl adjacent to an activating group) is 1. The van der Waals surface area contributed by atoms with Crippen LogP contribution in [0.1, 0.15) is 51.9 Å². The molecule has 0 spiro atoms. The number of aromatic nitrogens is 2. The molecular weight excluding hydrogens is 252 g/mol. The van der Waals surface area contributed by atoms with Crippen molar-refractivity contribution in [3.8, 4) is 0 Å². The van der Waals surface area contributed by atoms with Gasteiger partial charge in [0.2, 0.25) is 0 Å². The summed E-state index contributed by atoms with van der Waals surface area (Å²) < 4.78 is 0. The molecule has 0 atom stereocenters. The minimum absolute atomic E-state index is 0.266. The molecule has 0 aromatic carbocycles. The maximum absolute atomic E-state index is 10.1. The van der Waals surface area contributed by atoms with Crippen LogP contribution in [-0.2, 0) is 0 Å². The van der Waals surface area contributed by atoms with Gasteiger partial charge in [-0.1, -0.05) is 13.8 Å². The van der Waals surface area contributed by atoms with Crippen molar-refractivity contribution >= 4 is 11.6 Å². The molecule has 0 radical (unpaired) electrons. The minimum Gasteiger partial charge on any atom is -0.389 e. The summed E-state index contributed by atoms with van der Waals surface area (Å²) in [5.74, 6) is 2.84. The highest BCUT2D eigenvalue weighted by Gasteiger charge is 2.22. The number of nitrogens with one attached hydrogen (secondary N) is 1. The van der Waals surface area contributed by atoms with E-state index in [2.05, 4.69) is 36.0 Å². The fraction of sp³-hybridized carbons (Fsp3) is 0.733. The summed E-state index contributed by atoms with van der Waals surface area (Å²) in [7, 11) is 1.87. The van der Waals surface area contributed by atoms with Crippen LogP contribution in [0, 0.1) is 6.92 Å². The number of anilines is 2. The van der Waals surface area contributed by atoms with E-state index in [-0.39, 0.29) is 5.92 Å². The van der Waals surface area contributed by atoms with Crippen molar-refractivity contribution in [3.63, 3.8) is 0 Å². The second kappa shape index (κ2) is 6.39. The number of aliphatic hydroxyl groups is 1. The molecule has 5 nitrogen and oxygen atoms in total. The third-order valence-corrected chi connectivity index (χ3v) is 3.15. The average Bonchev–Trinajstić information content (AvgIpc) is 2.35. The Morgan fingerprint density at radius 1 is 1.30 bits per heavy atom. The highest BCUT2D eigenvalue weighted by atomic mass is 16.3.